The van der Waals surface area contributed by atoms with E-state index in [0.717, 1.165) is 11.3 Å². The van der Waals surface area contributed by atoms with Gasteiger partial charge in [0.2, 0.25) is 0 Å². The first-order chi connectivity index (χ1) is 15.7. The molecule has 176 valence electrons. The molecule has 1 unspecified atom stereocenters. The van der Waals surface area contributed by atoms with Crippen LogP contribution < -0.4 is 9.64 Å². The van der Waals surface area contributed by atoms with Gasteiger partial charge in [-0.25, -0.2) is 0 Å². The van der Waals surface area contributed by atoms with Crippen molar-refractivity contribution in [2.45, 2.75) is 19.9 Å². The van der Waals surface area contributed by atoms with Crippen molar-refractivity contribution in [1.29, 1.82) is 0 Å². The van der Waals surface area contributed by atoms with Gasteiger partial charge in [-0.1, -0.05) is 26.0 Å². The number of methoxy groups -OCH3 is 1. The molecule has 1 saturated heterocycles. The van der Waals surface area contributed by atoms with Crippen LogP contribution in [0.1, 0.15) is 31.0 Å². The minimum absolute atomic E-state index is 0.0737. The Kier molecular flexibility index (Phi) is 7.76. The summed E-state index contributed by atoms with van der Waals surface area (Å²) in [4.78, 5) is 29.3. The highest BCUT2D eigenvalue weighted by molar-refractivity contribution is 6.46. The summed E-state index contributed by atoms with van der Waals surface area (Å²) in [7, 11) is 5.42. The Balaban J connectivity index is 2.02. The van der Waals surface area contributed by atoms with E-state index < -0.39 is 17.7 Å². The van der Waals surface area contributed by atoms with Gasteiger partial charge in [-0.3, -0.25) is 9.59 Å². The Bertz CT molecular complexity index is 1010. The standard InChI is InChI=1S/C26H32N2O5/c1-17(2)16-33-21-12-8-19(9-13-21)24(29)22-23(18-6-10-20(11-7-18)27(3)4)28(14-15-32-5)26(31)25(22)30/h6-13,17,23,29H,14-16H2,1-5H3/b24-22-. The lowest BCUT2D eigenvalue weighted by atomic mass is 9.95. The third-order valence-electron chi connectivity index (χ3n) is 5.51. The predicted octanol–water partition coefficient (Wildman–Crippen LogP) is 3.86. The van der Waals surface area contributed by atoms with E-state index in [2.05, 4.69) is 13.8 Å². The zero-order chi connectivity index (χ0) is 24.1. The molecule has 1 aliphatic rings. The van der Waals surface area contributed by atoms with Gasteiger partial charge in [-0.15, -0.1) is 0 Å². The van der Waals surface area contributed by atoms with Crippen LogP contribution in [0.5, 0.6) is 5.75 Å². The van der Waals surface area contributed by atoms with Crippen LogP contribution in [-0.4, -0.2) is 62.7 Å². The zero-order valence-corrected chi connectivity index (χ0v) is 19.9. The van der Waals surface area contributed by atoms with Crippen molar-refractivity contribution >= 4 is 23.1 Å². The van der Waals surface area contributed by atoms with Gasteiger partial charge in [0.25, 0.3) is 11.7 Å². The van der Waals surface area contributed by atoms with Gasteiger partial charge in [0.15, 0.2) is 0 Å². The number of ketones is 1. The molecule has 7 nitrogen and oxygen atoms in total. The fourth-order valence-corrected chi connectivity index (χ4v) is 3.73. The number of aliphatic hydroxyl groups excluding tert-OH is 1. The number of amides is 1. The number of likely N-dealkylation sites (tertiary alicyclic amines) is 1. The molecule has 0 spiro atoms. The van der Waals surface area contributed by atoms with Crippen molar-refractivity contribution in [2.24, 2.45) is 5.92 Å². The van der Waals surface area contributed by atoms with E-state index in [9.17, 15) is 14.7 Å². The molecule has 1 aliphatic heterocycles. The van der Waals surface area contributed by atoms with Gasteiger partial charge >= 0.3 is 0 Å². The lowest BCUT2D eigenvalue weighted by Crippen LogP contribution is -2.32. The lowest BCUT2D eigenvalue weighted by Gasteiger charge is -2.25. The number of aliphatic hydroxyl groups is 1. The molecule has 1 fully saturated rings. The van der Waals surface area contributed by atoms with E-state index in [0.29, 0.717) is 23.8 Å². The Labute approximate surface area is 195 Å². The summed E-state index contributed by atoms with van der Waals surface area (Å²) in [5.41, 5.74) is 2.26. The number of ether oxygens (including phenoxy) is 2. The van der Waals surface area contributed by atoms with E-state index in [-0.39, 0.29) is 24.5 Å². The lowest BCUT2D eigenvalue weighted by molar-refractivity contribution is -0.140. The first-order valence-electron chi connectivity index (χ1n) is 11.0. The quantitative estimate of drug-likeness (QED) is 0.354. The molecule has 0 aliphatic carbocycles. The van der Waals surface area contributed by atoms with Crippen molar-refractivity contribution in [3.63, 3.8) is 0 Å². The first kappa shape index (κ1) is 24.3. The van der Waals surface area contributed by atoms with Crippen LogP contribution in [0.3, 0.4) is 0 Å². The summed E-state index contributed by atoms with van der Waals surface area (Å²) in [6, 6.07) is 13.8. The summed E-state index contributed by atoms with van der Waals surface area (Å²) in [5.74, 6) is -0.486. The zero-order valence-electron chi connectivity index (χ0n) is 19.9. The summed E-state index contributed by atoms with van der Waals surface area (Å²) < 4.78 is 10.9. The number of Topliss-reactive ketones (excluding diaryl/α,β-unsaturated/α-hetero) is 1. The summed E-state index contributed by atoms with van der Waals surface area (Å²) in [6.45, 7) is 5.22. The van der Waals surface area contributed by atoms with Crippen molar-refractivity contribution in [2.75, 3.05) is 45.9 Å². The fourth-order valence-electron chi connectivity index (χ4n) is 3.73. The molecule has 1 atom stereocenters. The maximum absolute atomic E-state index is 13.0. The molecule has 1 amide bonds. The summed E-state index contributed by atoms with van der Waals surface area (Å²) in [6.07, 6.45) is 0. The van der Waals surface area contributed by atoms with Crippen LogP contribution >= 0.6 is 0 Å². The SMILES string of the molecule is COCCN1C(=O)C(=O)/C(=C(\O)c2ccc(OCC(C)C)cc2)C1c1ccc(N(C)C)cc1. The highest BCUT2D eigenvalue weighted by Gasteiger charge is 2.45. The second-order valence-corrected chi connectivity index (χ2v) is 8.70. The fraction of sp³-hybridized carbons (Fsp3) is 0.385. The molecule has 33 heavy (non-hydrogen) atoms. The number of carbonyl (C=O) groups excluding carboxylic acids is 2. The molecular formula is C26H32N2O5. The number of nitrogens with zero attached hydrogens (tertiary/aromatic N) is 2. The molecule has 0 radical (unpaired) electrons. The molecular weight excluding hydrogens is 420 g/mol. The number of carbonyl (C=O) groups is 2. The van der Waals surface area contributed by atoms with Crippen LogP contribution in [0, 0.1) is 5.92 Å². The second kappa shape index (κ2) is 10.5. The van der Waals surface area contributed by atoms with Gasteiger partial charge in [0.05, 0.1) is 24.8 Å². The molecule has 0 saturated carbocycles. The number of anilines is 1. The van der Waals surface area contributed by atoms with Crippen LogP contribution in [-0.2, 0) is 14.3 Å². The number of rotatable bonds is 9. The highest BCUT2D eigenvalue weighted by atomic mass is 16.5. The third-order valence-corrected chi connectivity index (χ3v) is 5.51. The van der Waals surface area contributed by atoms with Gasteiger partial charge < -0.3 is 24.4 Å². The predicted molar refractivity (Wildman–Crippen MR) is 128 cm³/mol. The maximum atomic E-state index is 13.0. The number of benzene rings is 2. The highest BCUT2D eigenvalue weighted by Crippen LogP contribution is 2.39. The molecule has 0 aromatic heterocycles. The smallest absolute Gasteiger partial charge is 0.295 e. The maximum Gasteiger partial charge on any atom is 0.295 e. The number of hydrogen-bond donors (Lipinski definition) is 1. The van der Waals surface area contributed by atoms with Gasteiger partial charge in [0, 0.05) is 39.0 Å². The average molecular weight is 453 g/mol. The van der Waals surface area contributed by atoms with Crippen molar-refractivity contribution in [3.8, 4) is 5.75 Å². The molecule has 1 heterocycles. The van der Waals surface area contributed by atoms with Crippen molar-refractivity contribution in [3.05, 3.63) is 65.2 Å². The van der Waals surface area contributed by atoms with Crippen LogP contribution in [0.4, 0.5) is 5.69 Å². The minimum atomic E-state index is -0.703. The van der Waals surface area contributed by atoms with E-state index in [1.165, 1.54) is 4.90 Å². The molecule has 0 bridgehead atoms. The Morgan fingerprint density at radius 1 is 1.06 bits per heavy atom. The third kappa shape index (κ3) is 5.37. The van der Waals surface area contributed by atoms with E-state index in [1.807, 2.05) is 43.3 Å². The Morgan fingerprint density at radius 3 is 2.24 bits per heavy atom. The van der Waals surface area contributed by atoms with Crippen molar-refractivity contribution < 1.29 is 24.2 Å². The number of hydrogen-bond acceptors (Lipinski definition) is 6. The first-order valence-corrected chi connectivity index (χ1v) is 11.0. The summed E-state index contributed by atoms with van der Waals surface area (Å²) in [5, 5.41) is 11.1. The molecule has 2 aromatic carbocycles. The van der Waals surface area contributed by atoms with E-state index in [1.54, 1.807) is 31.4 Å². The van der Waals surface area contributed by atoms with Crippen LogP contribution in [0.25, 0.3) is 5.76 Å². The van der Waals surface area contributed by atoms with E-state index >= 15 is 0 Å². The Hall–Kier alpha value is -3.32. The molecule has 7 heteroatoms. The Morgan fingerprint density at radius 2 is 1.70 bits per heavy atom. The second-order valence-electron chi connectivity index (χ2n) is 8.70. The molecule has 3 rings (SSSR count). The topological polar surface area (TPSA) is 79.3 Å². The van der Waals surface area contributed by atoms with Crippen LogP contribution in [0.2, 0.25) is 0 Å². The van der Waals surface area contributed by atoms with Gasteiger partial charge in [-0.05, 0) is 47.9 Å². The van der Waals surface area contributed by atoms with Crippen LogP contribution in [0.15, 0.2) is 54.1 Å². The van der Waals surface area contributed by atoms with Gasteiger partial charge in [0.1, 0.15) is 11.5 Å². The largest absolute Gasteiger partial charge is 0.507 e. The van der Waals surface area contributed by atoms with E-state index in [4.69, 9.17) is 9.47 Å². The molecule has 1 N–H and O–H groups in total. The van der Waals surface area contributed by atoms with Gasteiger partial charge in [-0.2, -0.15) is 0 Å². The monoisotopic (exact) mass is 452 g/mol. The van der Waals surface area contributed by atoms with Crippen molar-refractivity contribution in [1.82, 2.24) is 4.90 Å². The molecule has 2 aromatic rings. The minimum Gasteiger partial charge on any atom is -0.507 e. The average Bonchev–Trinajstić information content (AvgIpc) is 3.06. The normalized spacial score (nSPS) is 17.6. The summed E-state index contributed by atoms with van der Waals surface area (Å²) >= 11 is 0.